The molecule has 1 heterocycles. The Morgan fingerprint density at radius 2 is 2.18 bits per heavy atom. The van der Waals surface area contributed by atoms with Crippen LogP contribution in [0.2, 0.25) is 0 Å². The van der Waals surface area contributed by atoms with E-state index in [4.69, 9.17) is 9.47 Å². The number of alkyl halides is 2. The molecule has 0 unspecified atom stereocenters. The summed E-state index contributed by atoms with van der Waals surface area (Å²) in [7, 11) is 3.24. The number of methoxy groups -OCH3 is 1. The molecule has 0 aliphatic heterocycles. The molecule has 1 rings (SSSR count). The molecule has 7 nitrogen and oxygen atoms in total. The molecule has 9 heteroatoms. The molecule has 0 amide bonds. The number of ether oxygens (including phenoxy) is 2. The van der Waals surface area contributed by atoms with Gasteiger partial charge in [0.1, 0.15) is 5.82 Å². The Morgan fingerprint density at radius 3 is 2.86 bits per heavy atom. The molecule has 0 spiro atoms. The van der Waals surface area contributed by atoms with E-state index >= 15 is 0 Å². The molecule has 0 aliphatic carbocycles. The largest absolute Gasteiger partial charge is 0.382 e. The monoisotopic (exact) mass is 319 g/mol. The van der Waals surface area contributed by atoms with E-state index in [0.717, 1.165) is 11.0 Å². The van der Waals surface area contributed by atoms with E-state index in [1.807, 2.05) is 0 Å². The molecule has 0 aliphatic rings. The van der Waals surface area contributed by atoms with Gasteiger partial charge in [0.2, 0.25) is 0 Å². The molecule has 0 bridgehead atoms. The van der Waals surface area contributed by atoms with Crippen LogP contribution >= 0.6 is 0 Å². The number of nitrogens with zero attached hydrogens (tertiary/aromatic N) is 3. The Labute approximate surface area is 128 Å². The highest BCUT2D eigenvalue weighted by Gasteiger charge is 2.11. The first-order chi connectivity index (χ1) is 10.7. The average molecular weight is 319 g/mol. The van der Waals surface area contributed by atoms with Gasteiger partial charge in [-0.05, 0) is 6.42 Å². The zero-order chi connectivity index (χ0) is 16.2. The summed E-state index contributed by atoms with van der Waals surface area (Å²) in [4.78, 5) is 7.91. The van der Waals surface area contributed by atoms with Crippen LogP contribution in [0.5, 0.6) is 0 Å². The number of rotatable bonds is 10. The van der Waals surface area contributed by atoms with Crippen LogP contribution in [-0.2, 0) is 16.0 Å². The quantitative estimate of drug-likeness (QED) is 0.382. The van der Waals surface area contributed by atoms with E-state index in [1.54, 1.807) is 14.2 Å². The summed E-state index contributed by atoms with van der Waals surface area (Å²) in [6.07, 6.45) is 3.39. The smallest absolute Gasteiger partial charge is 0.319 e. The van der Waals surface area contributed by atoms with Crippen LogP contribution in [-0.4, -0.2) is 56.0 Å². The second-order valence-electron chi connectivity index (χ2n) is 4.34. The van der Waals surface area contributed by atoms with Crippen LogP contribution in [0.1, 0.15) is 18.8 Å². The minimum Gasteiger partial charge on any atom is -0.382 e. The first-order valence-electron chi connectivity index (χ1n) is 7.00. The molecule has 0 aromatic carbocycles. The lowest BCUT2D eigenvalue weighted by Gasteiger charge is -2.12. The summed E-state index contributed by atoms with van der Waals surface area (Å²) in [5, 5.41) is 6.01. The molecular formula is C13H23F2N5O2. The normalized spacial score (nSPS) is 12.0. The van der Waals surface area contributed by atoms with Gasteiger partial charge in [-0.1, -0.05) is 0 Å². The van der Waals surface area contributed by atoms with E-state index < -0.39 is 6.55 Å². The average Bonchev–Trinajstić information content (AvgIpc) is 2.98. The SMILES string of the molecule is CN=C(NCCCOCCOC)NCc1nccn1C(F)F. The predicted molar refractivity (Wildman–Crippen MR) is 79.0 cm³/mol. The topological polar surface area (TPSA) is 72.7 Å². The zero-order valence-corrected chi connectivity index (χ0v) is 12.9. The van der Waals surface area contributed by atoms with E-state index in [0.29, 0.717) is 32.3 Å². The molecule has 1 aromatic heterocycles. The molecule has 0 atom stereocenters. The van der Waals surface area contributed by atoms with Crippen molar-refractivity contribution < 1.29 is 18.3 Å². The lowest BCUT2D eigenvalue weighted by atomic mass is 10.4. The lowest BCUT2D eigenvalue weighted by Crippen LogP contribution is -2.38. The number of aliphatic imine (C=N–C) groups is 1. The van der Waals surface area contributed by atoms with Gasteiger partial charge in [0, 0.05) is 39.7 Å². The van der Waals surface area contributed by atoms with Crippen molar-refractivity contribution in [2.45, 2.75) is 19.5 Å². The zero-order valence-electron chi connectivity index (χ0n) is 12.9. The van der Waals surface area contributed by atoms with Crippen molar-refractivity contribution in [1.82, 2.24) is 20.2 Å². The number of guanidine groups is 1. The minimum absolute atomic E-state index is 0.168. The van der Waals surface area contributed by atoms with Gasteiger partial charge in [-0.3, -0.25) is 9.56 Å². The van der Waals surface area contributed by atoms with E-state index in [9.17, 15) is 8.78 Å². The van der Waals surface area contributed by atoms with Crippen LogP contribution in [0.25, 0.3) is 0 Å². The van der Waals surface area contributed by atoms with Gasteiger partial charge in [-0.15, -0.1) is 0 Å². The molecule has 2 N–H and O–H groups in total. The molecule has 0 fully saturated rings. The van der Waals surface area contributed by atoms with Crippen molar-refractivity contribution in [1.29, 1.82) is 0 Å². The Balaban J connectivity index is 2.21. The Bertz CT molecular complexity index is 440. The minimum atomic E-state index is -2.60. The van der Waals surface area contributed by atoms with Crippen molar-refractivity contribution >= 4 is 5.96 Å². The fourth-order valence-corrected chi connectivity index (χ4v) is 1.67. The van der Waals surface area contributed by atoms with Crippen LogP contribution < -0.4 is 10.6 Å². The Morgan fingerprint density at radius 1 is 1.36 bits per heavy atom. The van der Waals surface area contributed by atoms with E-state index in [1.165, 1.54) is 12.4 Å². The van der Waals surface area contributed by atoms with Crippen molar-refractivity contribution in [3.8, 4) is 0 Å². The highest BCUT2D eigenvalue weighted by molar-refractivity contribution is 5.79. The Hall–Kier alpha value is -1.74. The third-order valence-electron chi connectivity index (χ3n) is 2.79. The van der Waals surface area contributed by atoms with E-state index in [-0.39, 0.29) is 12.4 Å². The first-order valence-corrected chi connectivity index (χ1v) is 7.00. The molecule has 1 aromatic rings. The summed E-state index contributed by atoms with van der Waals surface area (Å²) >= 11 is 0. The van der Waals surface area contributed by atoms with Crippen molar-refractivity contribution in [2.75, 3.05) is 40.5 Å². The van der Waals surface area contributed by atoms with Crippen LogP contribution in [0, 0.1) is 0 Å². The summed E-state index contributed by atoms with van der Waals surface area (Å²) in [6.45, 7) is -0.00768. The maximum absolute atomic E-state index is 12.7. The second kappa shape index (κ2) is 10.9. The van der Waals surface area contributed by atoms with Crippen molar-refractivity contribution in [3.63, 3.8) is 0 Å². The first kappa shape index (κ1) is 18.3. The number of hydrogen-bond donors (Lipinski definition) is 2. The van der Waals surface area contributed by atoms with Gasteiger partial charge in [0.05, 0.1) is 19.8 Å². The van der Waals surface area contributed by atoms with Gasteiger partial charge in [0.15, 0.2) is 5.96 Å². The Kier molecular flexibility index (Phi) is 9.08. The van der Waals surface area contributed by atoms with Crippen LogP contribution in [0.15, 0.2) is 17.4 Å². The van der Waals surface area contributed by atoms with Crippen molar-refractivity contribution in [2.24, 2.45) is 4.99 Å². The number of aromatic nitrogens is 2. The van der Waals surface area contributed by atoms with Gasteiger partial charge in [-0.25, -0.2) is 4.98 Å². The molecular weight excluding hydrogens is 296 g/mol. The predicted octanol–water partition coefficient (Wildman–Crippen LogP) is 0.996. The molecule has 22 heavy (non-hydrogen) atoms. The summed E-state index contributed by atoms with van der Waals surface area (Å²) in [5.74, 6) is 0.779. The summed E-state index contributed by atoms with van der Waals surface area (Å²) in [5.41, 5.74) is 0. The van der Waals surface area contributed by atoms with Gasteiger partial charge in [0.25, 0.3) is 0 Å². The number of hydrogen-bond acceptors (Lipinski definition) is 4. The number of nitrogens with one attached hydrogen (secondary N) is 2. The van der Waals surface area contributed by atoms with Crippen LogP contribution in [0.4, 0.5) is 8.78 Å². The number of halogens is 2. The third kappa shape index (κ3) is 6.81. The fraction of sp³-hybridized carbons (Fsp3) is 0.692. The van der Waals surface area contributed by atoms with Gasteiger partial charge < -0.3 is 20.1 Å². The standard InChI is InChI=1S/C13H23F2N5O2/c1-16-13(18-4-3-7-22-9-8-21-2)19-10-11-17-5-6-20(11)12(14)15/h5-6,12H,3-4,7-10H2,1-2H3,(H2,16,18,19). The third-order valence-corrected chi connectivity index (χ3v) is 2.79. The lowest BCUT2D eigenvalue weighted by molar-refractivity contribution is 0.0668. The maximum Gasteiger partial charge on any atom is 0.319 e. The fourth-order valence-electron chi connectivity index (χ4n) is 1.67. The summed E-state index contributed by atoms with van der Waals surface area (Å²) in [6, 6.07) is 0. The molecule has 0 radical (unpaired) electrons. The van der Waals surface area contributed by atoms with Crippen molar-refractivity contribution in [3.05, 3.63) is 18.2 Å². The van der Waals surface area contributed by atoms with Gasteiger partial charge in [-0.2, -0.15) is 8.78 Å². The number of imidazole rings is 1. The highest BCUT2D eigenvalue weighted by atomic mass is 19.3. The van der Waals surface area contributed by atoms with E-state index in [2.05, 4.69) is 20.6 Å². The van der Waals surface area contributed by atoms with Crippen LogP contribution in [0.3, 0.4) is 0 Å². The molecule has 126 valence electrons. The second-order valence-corrected chi connectivity index (χ2v) is 4.34. The van der Waals surface area contributed by atoms with Gasteiger partial charge >= 0.3 is 6.55 Å². The summed E-state index contributed by atoms with van der Waals surface area (Å²) < 4.78 is 36.3. The molecule has 0 saturated carbocycles. The highest BCUT2D eigenvalue weighted by Crippen LogP contribution is 2.11. The molecule has 0 saturated heterocycles. The maximum atomic E-state index is 12.7.